The number of halogens is 1. The molecule has 0 aliphatic heterocycles. The smallest absolute Gasteiger partial charge is 0.261 e. The Morgan fingerprint density at radius 3 is 2.71 bits per heavy atom. The van der Waals surface area contributed by atoms with Gasteiger partial charge >= 0.3 is 0 Å². The van der Waals surface area contributed by atoms with Gasteiger partial charge in [0.25, 0.3) is 5.56 Å². The molecule has 0 unspecified atom stereocenters. The van der Waals surface area contributed by atoms with E-state index in [9.17, 15) is 4.79 Å². The second-order valence-corrected chi connectivity index (χ2v) is 5.52. The second kappa shape index (κ2) is 6.10. The molecule has 0 saturated carbocycles. The van der Waals surface area contributed by atoms with Crippen LogP contribution in [0.5, 0.6) is 0 Å². The standard InChI is InChI=1S/C16H14BrN3O/c17-13-6-2-4-8-15(13)18-9-10-20-11-19-14-7-3-1-5-12(14)16(20)21/h1-8,11,18H,9-10H2. The Kier molecular flexibility index (Phi) is 4.01. The Hall–Kier alpha value is -2.14. The van der Waals surface area contributed by atoms with Gasteiger partial charge in [0.2, 0.25) is 0 Å². The minimum atomic E-state index is -0.00507. The van der Waals surface area contributed by atoms with Crippen molar-refractivity contribution in [3.63, 3.8) is 0 Å². The quantitative estimate of drug-likeness (QED) is 0.790. The first-order chi connectivity index (χ1) is 10.3. The number of para-hydroxylation sites is 2. The van der Waals surface area contributed by atoms with E-state index < -0.39 is 0 Å². The van der Waals surface area contributed by atoms with E-state index >= 15 is 0 Å². The third-order valence-corrected chi connectivity index (χ3v) is 3.97. The lowest BCUT2D eigenvalue weighted by atomic mass is 10.2. The highest BCUT2D eigenvalue weighted by atomic mass is 79.9. The minimum absolute atomic E-state index is 0.00507. The van der Waals surface area contributed by atoms with Crippen molar-refractivity contribution in [2.45, 2.75) is 6.54 Å². The van der Waals surface area contributed by atoms with E-state index in [1.807, 2.05) is 48.5 Å². The molecule has 0 bridgehead atoms. The molecule has 21 heavy (non-hydrogen) atoms. The predicted octanol–water partition coefficient (Wildman–Crippen LogP) is 3.27. The van der Waals surface area contributed by atoms with Gasteiger partial charge in [-0.3, -0.25) is 9.36 Å². The van der Waals surface area contributed by atoms with Gasteiger partial charge < -0.3 is 5.32 Å². The number of anilines is 1. The topological polar surface area (TPSA) is 46.9 Å². The summed E-state index contributed by atoms with van der Waals surface area (Å²) in [6.45, 7) is 1.22. The van der Waals surface area contributed by atoms with Crippen molar-refractivity contribution in [3.8, 4) is 0 Å². The second-order valence-electron chi connectivity index (χ2n) is 4.67. The van der Waals surface area contributed by atoms with Gasteiger partial charge in [-0.1, -0.05) is 24.3 Å². The zero-order valence-electron chi connectivity index (χ0n) is 11.3. The van der Waals surface area contributed by atoms with Gasteiger partial charge in [-0.15, -0.1) is 0 Å². The molecule has 0 atom stereocenters. The molecular weight excluding hydrogens is 330 g/mol. The van der Waals surface area contributed by atoms with E-state index in [2.05, 4.69) is 26.2 Å². The van der Waals surface area contributed by atoms with E-state index in [1.165, 1.54) is 0 Å². The molecular formula is C16H14BrN3O. The van der Waals surface area contributed by atoms with Gasteiger partial charge in [0.15, 0.2) is 0 Å². The molecule has 0 saturated heterocycles. The molecule has 3 rings (SSSR count). The minimum Gasteiger partial charge on any atom is -0.382 e. The lowest BCUT2D eigenvalue weighted by Crippen LogP contribution is -2.24. The van der Waals surface area contributed by atoms with E-state index in [0.717, 1.165) is 15.7 Å². The zero-order valence-corrected chi connectivity index (χ0v) is 12.9. The van der Waals surface area contributed by atoms with Crippen molar-refractivity contribution in [3.05, 3.63) is 69.7 Å². The average Bonchev–Trinajstić information content (AvgIpc) is 2.52. The van der Waals surface area contributed by atoms with E-state index in [4.69, 9.17) is 0 Å². The van der Waals surface area contributed by atoms with Crippen molar-refractivity contribution in [2.75, 3.05) is 11.9 Å². The summed E-state index contributed by atoms with van der Waals surface area (Å²) in [6.07, 6.45) is 1.60. The normalized spacial score (nSPS) is 10.7. The van der Waals surface area contributed by atoms with Gasteiger partial charge in [0, 0.05) is 23.2 Å². The molecule has 1 aromatic heterocycles. The van der Waals surface area contributed by atoms with Crippen molar-refractivity contribution >= 4 is 32.5 Å². The van der Waals surface area contributed by atoms with Crippen LogP contribution in [-0.4, -0.2) is 16.1 Å². The van der Waals surface area contributed by atoms with E-state index in [0.29, 0.717) is 18.5 Å². The van der Waals surface area contributed by atoms with Crippen molar-refractivity contribution < 1.29 is 0 Å². The summed E-state index contributed by atoms with van der Waals surface area (Å²) in [5.41, 5.74) is 1.74. The fraction of sp³-hybridized carbons (Fsp3) is 0.125. The number of benzene rings is 2. The molecule has 0 radical (unpaired) electrons. The molecule has 0 aliphatic rings. The molecule has 0 spiro atoms. The molecule has 106 valence electrons. The largest absolute Gasteiger partial charge is 0.382 e. The number of hydrogen-bond acceptors (Lipinski definition) is 3. The van der Waals surface area contributed by atoms with Gasteiger partial charge in [-0.05, 0) is 40.2 Å². The maximum Gasteiger partial charge on any atom is 0.261 e. The Morgan fingerprint density at radius 2 is 1.86 bits per heavy atom. The number of aromatic nitrogens is 2. The maximum absolute atomic E-state index is 12.3. The molecule has 1 heterocycles. The van der Waals surface area contributed by atoms with Crippen molar-refractivity contribution in [1.29, 1.82) is 0 Å². The van der Waals surface area contributed by atoms with E-state index in [-0.39, 0.29) is 5.56 Å². The Balaban J connectivity index is 1.76. The van der Waals surface area contributed by atoms with Crippen LogP contribution in [0.25, 0.3) is 10.9 Å². The maximum atomic E-state index is 12.3. The van der Waals surface area contributed by atoms with E-state index in [1.54, 1.807) is 10.9 Å². The molecule has 0 aliphatic carbocycles. The van der Waals surface area contributed by atoms with Crippen LogP contribution in [0.15, 0.2) is 64.1 Å². The molecule has 4 nitrogen and oxygen atoms in total. The molecule has 2 aromatic carbocycles. The fourth-order valence-corrected chi connectivity index (χ4v) is 2.61. The summed E-state index contributed by atoms with van der Waals surface area (Å²) < 4.78 is 2.64. The van der Waals surface area contributed by atoms with Gasteiger partial charge in [-0.2, -0.15) is 0 Å². The number of hydrogen-bond donors (Lipinski definition) is 1. The average molecular weight is 344 g/mol. The highest BCUT2D eigenvalue weighted by molar-refractivity contribution is 9.10. The first-order valence-corrected chi connectivity index (χ1v) is 7.47. The monoisotopic (exact) mass is 343 g/mol. The molecule has 5 heteroatoms. The number of fused-ring (bicyclic) bond motifs is 1. The summed E-state index contributed by atoms with van der Waals surface area (Å²) in [5, 5.41) is 3.96. The molecule has 3 aromatic rings. The molecule has 1 N–H and O–H groups in total. The number of rotatable bonds is 4. The number of nitrogens with one attached hydrogen (secondary N) is 1. The predicted molar refractivity (Wildman–Crippen MR) is 88.6 cm³/mol. The van der Waals surface area contributed by atoms with Gasteiger partial charge in [0.1, 0.15) is 0 Å². The Morgan fingerprint density at radius 1 is 1.10 bits per heavy atom. The van der Waals surface area contributed by atoms with Crippen LogP contribution in [0.1, 0.15) is 0 Å². The lowest BCUT2D eigenvalue weighted by molar-refractivity contribution is 0.689. The van der Waals surface area contributed by atoms with Crippen LogP contribution in [-0.2, 0) is 6.54 Å². The first kappa shape index (κ1) is 13.8. The van der Waals surface area contributed by atoms with Crippen LogP contribution in [0.4, 0.5) is 5.69 Å². The van der Waals surface area contributed by atoms with Crippen molar-refractivity contribution in [1.82, 2.24) is 9.55 Å². The third kappa shape index (κ3) is 2.97. The summed E-state index contributed by atoms with van der Waals surface area (Å²) in [4.78, 5) is 16.6. The van der Waals surface area contributed by atoms with Crippen LogP contribution in [0.2, 0.25) is 0 Å². The summed E-state index contributed by atoms with van der Waals surface area (Å²) in [5.74, 6) is 0. The third-order valence-electron chi connectivity index (χ3n) is 3.27. The first-order valence-electron chi connectivity index (χ1n) is 6.68. The Labute approximate surface area is 130 Å². The molecule has 0 fully saturated rings. The highest BCUT2D eigenvalue weighted by Gasteiger charge is 2.03. The van der Waals surface area contributed by atoms with Crippen LogP contribution < -0.4 is 10.9 Å². The lowest BCUT2D eigenvalue weighted by Gasteiger charge is -2.10. The van der Waals surface area contributed by atoms with Crippen LogP contribution >= 0.6 is 15.9 Å². The fourth-order valence-electron chi connectivity index (χ4n) is 2.18. The highest BCUT2D eigenvalue weighted by Crippen LogP contribution is 2.20. The van der Waals surface area contributed by atoms with Crippen LogP contribution in [0.3, 0.4) is 0 Å². The van der Waals surface area contributed by atoms with Crippen molar-refractivity contribution in [2.24, 2.45) is 0 Å². The zero-order chi connectivity index (χ0) is 14.7. The summed E-state index contributed by atoms with van der Waals surface area (Å²) in [6, 6.07) is 15.3. The SMILES string of the molecule is O=c1c2ccccc2ncn1CCNc1ccccc1Br. The summed E-state index contributed by atoms with van der Waals surface area (Å²) >= 11 is 3.49. The Bertz CT molecular complexity index is 829. The van der Waals surface area contributed by atoms with Crippen LogP contribution in [0, 0.1) is 0 Å². The molecule has 0 amide bonds. The number of nitrogens with zero attached hydrogens (tertiary/aromatic N) is 2. The summed E-state index contributed by atoms with van der Waals surface area (Å²) in [7, 11) is 0. The van der Waals surface area contributed by atoms with Gasteiger partial charge in [-0.25, -0.2) is 4.98 Å². The van der Waals surface area contributed by atoms with Gasteiger partial charge in [0.05, 0.1) is 17.2 Å².